The van der Waals surface area contributed by atoms with Crippen molar-refractivity contribution in [2.75, 3.05) is 32.9 Å². The Morgan fingerprint density at radius 2 is 1.51 bits per heavy atom. The molecule has 254 valence electrons. The third-order valence-corrected chi connectivity index (χ3v) is 6.66. The smallest absolute Gasteiger partial charge is 0.258 e. The lowest BCUT2D eigenvalue weighted by molar-refractivity contribution is -0.129. The predicted octanol–water partition coefficient (Wildman–Crippen LogP) is 4.50. The molecule has 1 atom stereocenters. The molecule has 0 aliphatic rings. The number of rotatable bonds is 21. The van der Waals surface area contributed by atoms with Gasteiger partial charge in [0.25, 0.3) is 5.91 Å². The summed E-state index contributed by atoms with van der Waals surface area (Å²) in [5.74, 6) is 0.337. The standard InChI is InChI=1S/C36H49N5O6/c1-25(2)17-21-45-28-12-9-27(10-13-28)11-16-32(42)30-15-14-29(46-22-18-26(3)4)23-34(30)47-24-35(44)41-31(33(43)8-5-19-37)7-6-20-40-36(38)39/h9-18,23,31H,5-8,19-22,24,37H2,1-4H3,(H,41,44)(H4,38,39,40)/b16-11+/t31-/m0/s1. The number of allylic oxidation sites excluding steroid dienone is 3. The van der Waals surface area contributed by atoms with Gasteiger partial charge in [0.15, 0.2) is 24.1 Å². The van der Waals surface area contributed by atoms with Crippen LogP contribution in [0.2, 0.25) is 0 Å². The zero-order chi connectivity index (χ0) is 34.6. The molecule has 11 nitrogen and oxygen atoms in total. The van der Waals surface area contributed by atoms with Crippen molar-refractivity contribution in [3.63, 3.8) is 0 Å². The zero-order valence-electron chi connectivity index (χ0n) is 27.9. The summed E-state index contributed by atoms with van der Waals surface area (Å²) in [4.78, 5) is 43.0. The fourth-order valence-corrected chi connectivity index (χ4v) is 4.11. The lowest BCUT2D eigenvalue weighted by atomic mass is 10.0. The molecule has 1 amide bonds. The molecule has 11 heteroatoms. The molecule has 0 aliphatic heterocycles. The Bertz CT molecular complexity index is 1430. The third kappa shape index (κ3) is 15.8. The number of nitrogens with two attached hydrogens (primary N) is 3. The number of nitrogens with one attached hydrogen (secondary N) is 1. The number of ether oxygens (including phenoxy) is 3. The molecule has 0 saturated heterocycles. The largest absolute Gasteiger partial charge is 0.490 e. The van der Waals surface area contributed by atoms with Gasteiger partial charge in [-0.2, -0.15) is 0 Å². The highest BCUT2D eigenvalue weighted by atomic mass is 16.5. The van der Waals surface area contributed by atoms with Gasteiger partial charge in [-0.15, -0.1) is 0 Å². The Labute approximate surface area is 277 Å². The van der Waals surface area contributed by atoms with E-state index in [2.05, 4.69) is 10.3 Å². The van der Waals surface area contributed by atoms with E-state index in [1.54, 1.807) is 24.3 Å². The molecule has 47 heavy (non-hydrogen) atoms. The van der Waals surface area contributed by atoms with Gasteiger partial charge in [-0.1, -0.05) is 29.4 Å². The van der Waals surface area contributed by atoms with Crippen LogP contribution in [0.5, 0.6) is 17.2 Å². The summed E-state index contributed by atoms with van der Waals surface area (Å²) in [6, 6.07) is 11.5. The molecule has 0 bridgehead atoms. The summed E-state index contributed by atoms with van der Waals surface area (Å²) in [6.45, 7) is 9.01. The molecule has 0 unspecified atom stereocenters. The van der Waals surface area contributed by atoms with E-state index in [1.165, 1.54) is 11.6 Å². The molecule has 0 radical (unpaired) electrons. The second-order valence-corrected chi connectivity index (χ2v) is 11.3. The number of amides is 1. The van der Waals surface area contributed by atoms with Gasteiger partial charge in [0.1, 0.15) is 30.5 Å². The number of ketones is 2. The van der Waals surface area contributed by atoms with Crippen LogP contribution >= 0.6 is 0 Å². The van der Waals surface area contributed by atoms with Crippen LogP contribution in [0.3, 0.4) is 0 Å². The van der Waals surface area contributed by atoms with Crippen molar-refractivity contribution in [1.82, 2.24) is 5.32 Å². The van der Waals surface area contributed by atoms with Crippen molar-refractivity contribution >= 4 is 29.5 Å². The summed E-state index contributed by atoms with van der Waals surface area (Å²) in [5.41, 5.74) is 19.7. The number of Topliss-reactive ketones (excluding diaryl/α,β-unsaturated/α-hetero) is 1. The van der Waals surface area contributed by atoms with E-state index in [4.69, 9.17) is 31.4 Å². The molecular formula is C36H49N5O6. The fraction of sp³-hybridized carbons (Fsp3) is 0.389. The van der Waals surface area contributed by atoms with Gasteiger partial charge in [0.05, 0.1) is 11.6 Å². The molecule has 0 fully saturated rings. The monoisotopic (exact) mass is 647 g/mol. The number of guanidine groups is 1. The maximum Gasteiger partial charge on any atom is 0.258 e. The first-order chi connectivity index (χ1) is 22.5. The van der Waals surface area contributed by atoms with Crippen LogP contribution in [0.4, 0.5) is 0 Å². The molecule has 0 saturated carbocycles. The van der Waals surface area contributed by atoms with E-state index in [-0.39, 0.29) is 35.3 Å². The van der Waals surface area contributed by atoms with Crippen molar-refractivity contribution in [2.45, 2.75) is 59.4 Å². The van der Waals surface area contributed by atoms with Crippen molar-refractivity contribution < 1.29 is 28.6 Å². The number of carbonyl (C=O) groups is 3. The molecule has 7 N–H and O–H groups in total. The Hall–Kier alpha value is -4.90. The first-order valence-corrected chi connectivity index (χ1v) is 15.7. The molecular weight excluding hydrogens is 598 g/mol. The normalized spacial score (nSPS) is 11.3. The van der Waals surface area contributed by atoms with Crippen molar-refractivity contribution in [3.8, 4) is 17.2 Å². The van der Waals surface area contributed by atoms with Crippen LogP contribution in [0, 0.1) is 0 Å². The minimum atomic E-state index is -0.751. The first kappa shape index (κ1) is 38.3. The van der Waals surface area contributed by atoms with Crippen molar-refractivity contribution in [1.29, 1.82) is 0 Å². The summed E-state index contributed by atoms with van der Waals surface area (Å²) < 4.78 is 17.4. The summed E-state index contributed by atoms with van der Waals surface area (Å²) in [7, 11) is 0. The molecule has 0 spiro atoms. The quantitative estimate of drug-likeness (QED) is 0.0379. The second kappa shape index (κ2) is 21.0. The van der Waals surface area contributed by atoms with E-state index in [9.17, 15) is 14.4 Å². The Kier molecular flexibility index (Phi) is 17.1. The maximum atomic E-state index is 13.3. The van der Waals surface area contributed by atoms with Crippen LogP contribution in [-0.4, -0.2) is 62.4 Å². The lowest BCUT2D eigenvalue weighted by Crippen LogP contribution is -2.43. The fourth-order valence-electron chi connectivity index (χ4n) is 4.11. The maximum absolute atomic E-state index is 13.3. The highest BCUT2D eigenvalue weighted by Gasteiger charge is 2.21. The van der Waals surface area contributed by atoms with Crippen molar-refractivity contribution in [2.24, 2.45) is 22.2 Å². The average Bonchev–Trinajstić information content (AvgIpc) is 3.03. The molecule has 2 aromatic carbocycles. The lowest BCUT2D eigenvalue weighted by Gasteiger charge is -2.18. The summed E-state index contributed by atoms with van der Waals surface area (Å²) >= 11 is 0. The van der Waals surface area contributed by atoms with Gasteiger partial charge in [0, 0.05) is 19.0 Å². The van der Waals surface area contributed by atoms with E-state index in [0.717, 1.165) is 16.9 Å². The highest BCUT2D eigenvalue weighted by Crippen LogP contribution is 2.26. The Morgan fingerprint density at radius 3 is 2.13 bits per heavy atom. The zero-order valence-corrected chi connectivity index (χ0v) is 27.9. The van der Waals surface area contributed by atoms with E-state index in [0.29, 0.717) is 51.3 Å². The SMILES string of the molecule is CC(C)=CCOc1ccc(/C=C/C(=O)c2ccc(OCC=C(C)C)cc2OCC(=O)N[C@@H](CCCN=C(N)N)C(=O)CCCN)cc1. The van der Waals surface area contributed by atoms with Gasteiger partial charge in [-0.25, -0.2) is 0 Å². The van der Waals surface area contributed by atoms with Gasteiger partial charge < -0.3 is 36.7 Å². The molecule has 2 aromatic rings. The van der Waals surface area contributed by atoms with Gasteiger partial charge in [-0.3, -0.25) is 19.4 Å². The van der Waals surface area contributed by atoms with Crippen molar-refractivity contribution in [3.05, 3.63) is 83.0 Å². The summed E-state index contributed by atoms with van der Waals surface area (Å²) in [6.07, 6.45) is 8.60. The number of nitrogens with zero attached hydrogens (tertiary/aromatic N) is 1. The van der Waals surface area contributed by atoms with E-state index in [1.807, 2.05) is 64.1 Å². The number of benzene rings is 2. The van der Waals surface area contributed by atoms with Gasteiger partial charge in [0.2, 0.25) is 0 Å². The van der Waals surface area contributed by atoms with Gasteiger partial charge >= 0.3 is 0 Å². The number of hydrogen-bond donors (Lipinski definition) is 4. The van der Waals surface area contributed by atoms with Crippen LogP contribution in [0.1, 0.15) is 69.3 Å². The minimum absolute atomic E-state index is 0.0427. The number of carbonyl (C=O) groups excluding carboxylic acids is 3. The second-order valence-electron chi connectivity index (χ2n) is 11.3. The molecule has 0 aliphatic carbocycles. The molecule has 0 heterocycles. The van der Waals surface area contributed by atoms with Crippen LogP contribution < -0.4 is 36.7 Å². The Balaban J connectivity index is 2.18. The topological polar surface area (TPSA) is 181 Å². The van der Waals surface area contributed by atoms with Crippen LogP contribution in [-0.2, 0) is 9.59 Å². The molecule has 0 aromatic heterocycles. The van der Waals surface area contributed by atoms with E-state index >= 15 is 0 Å². The molecule has 2 rings (SSSR count). The first-order valence-electron chi connectivity index (χ1n) is 15.7. The van der Waals surface area contributed by atoms with Gasteiger partial charge in [-0.05, 0) is 102 Å². The number of aliphatic imine (C=N–C) groups is 1. The predicted molar refractivity (Wildman–Crippen MR) is 187 cm³/mol. The average molecular weight is 648 g/mol. The Morgan fingerprint density at radius 1 is 0.872 bits per heavy atom. The third-order valence-electron chi connectivity index (χ3n) is 6.66. The van der Waals surface area contributed by atoms with Crippen LogP contribution in [0.15, 0.2) is 76.8 Å². The highest BCUT2D eigenvalue weighted by molar-refractivity contribution is 6.08. The van der Waals surface area contributed by atoms with E-state index < -0.39 is 18.6 Å². The summed E-state index contributed by atoms with van der Waals surface area (Å²) in [5, 5.41) is 2.75. The van der Waals surface area contributed by atoms with Crippen LogP contribution in [0.25, 0.3) is 6.08 Å². The minimum Gasteiger partial charge on any atom is -0.490 e. The number of hydrogen-bond acceptors (Lipinski definition) is 8.